The zero-order chi connectivity index (χ0) is 13.5. The molecule has 0 radical (unpaired) electrons. The molecule has 0 aromatic rings. The number of nitrogens with one attached hydrogen (secondary N) is 1. The van der Waals surface area contributed by atoms with Gasteiger partial charge in [0.15, 0.2) is 0 Å². The fourth-order valence-corrected chi connectivity index (χ4v) is 2.62. The second kappa shape index (κ2) is 7.36. The van der Waals surface area contributed by atoms with E-state index >= 15 is 0 Å². The largest absolute Gasteiger partial charge is 0.351 e. The number of imide groups is 1. The molecule has 0 aromatic heterocycles. The molecule has 1 aliphatic rings. The van der Waals surface area contributed by atoms with Crippen LogP contribution in [-0.2, 0) is 4.79 Å². The topological polar surface area (TPSA) is 75.4 Å². The molecule has 1 atom stereocenters. The summed E-state index contributed by atoms with van der Waals surface area (Å²) in [6, 6.07) is -0.318. The molecular formula is C13H25N3O2. The van der Waals surface area contributed by atoms with Crippen LogP contribution in [0, 0.1) is 5.92 Å². The van der Waals surface area contributed by atoms with Crippen molar-refractivity contribution in [1.82, 2.24) is 10.2 Å². The van der Waals surface area contributed by atoms with Crippen LogP contribution >= 0.6 is 0 Å². The Labute approximate surface area is 109 Å². The van der Waals surface area contributed by atoms with Gasteiger partial charge >= 0.3 is 6.03 Å². The summed E-state index contributed by atoms with van der Waals surface area (Å²) in [5.74, 6) is 0.327. The smallest absolute Gasteiger partial charge is 0.318 e. The first-order chi connectivity index (χ1) is 8.49. The molecule has 0 saturated carbocycles. The summed E-state index contributed by atoms with van der Waals surface area (Å²) in [6.45, 7) is 5.61. The number of likely N-dealkylation sites (tertiary alicyclic amines) is 1. The highest BCUT2D eigenvalue weighted by Gasteiger charge is 2.23. The summed E-state index contributed by atoms with van der Waals surface area (Å²) in [4.78, 5) is 24.5. The number of hydrogen-bond acceptors (Lipinski definition) is 3. The van der Waals surface area contributed by atoms with Crippen molar-refractivity contribution in [3.8, 4) is 0 Å². The molecule has 0 aliphatic carbocycles. The van der Waals surface area contributed by atoms with Crippen LogP contribution in [0.1, 0.15) is 46.0 Å². The lowest BCUT2D eigenvalue weighted by Gasteiger charge is -2.30. The summed E-state index contributed by atoms with van der Waals surface area (Å²) in [7, 11) is 0. The van der Waals surface area contributed by atoms with Crippen molar-refractivity contribution in [3.63, 3.8) is 0 Å². The van der Waals surface area contributed by atoms with Crippen molar-refractivity contribution < 1.29 is 9.59 Å². The molecule has 5 heteroatoms. The predicted octanol–water partition coefficient (Wildman–Crippen LogP) is 1.47. The summed E-state index contributed by atoms with van der Waals surface area (Å²) in [6.07, 6.45) is 5.82. The van der Waals surface area contributed by atoms with E-state index in [0.29, 0.717) is 12.0 Å². The van der Waals surface area contributed by atoms with Gasteiger partial charge in [0.1, 0.15) is 0 Å². The molecule has 0 spiro atoms. The molecule has 1 heterocycles. The standard InChI is InChI=1S/C13H25N3O2/c1-10(2)8-11-6-4-3-5-7-16(11)9-12(17)15-13(14)18/h10-11H,3-9H2,1-2H3,(H3,14,15,17,18). The fourth-order valence-electron chi connectivity index (χ4n) is 2.62. The summed E-state index contributed by atoms with van der Waals surface area (Å²) in [5.41, 5.74) is 4.96. The van der Waals surface area contributed by atoms with Gasteiger partial charge in [0.25, 0.3) is 0 Å². The van der Waals surface area contributed by atoms with E-state index in [4.69, 9.17) is 5.73 Å². The van der Waals surface area contributed by atoms with Crippen molar-refractivity contribution >= 4 is 11.9 Å². The molecule has 1 fully saturated rings. The van der Waals surface area contributed by atoms with Crippen LogP contribution in [0.2, 0.25) is 0 Å². The van der Waals surface area contributed by atoms with Gasteiger partial charge in [-0.25, -0.2) is 4.79 Å². The van der Waals surface area contributed by atoms with Gasteiger partial charge in [-0.15, -0.1) is 0 Å². The van der Waals surface area contributed by atoms with E-state index in [2.05, 4.69) is 24.1 Å². The third-order valence-electron chi connectivity index (χ3n) is 3.35. The highest BCUT2D eigenvalue weighted by Crippen LogP contribution is 2.21. The molecule has 5 nitrogen and oxygen atoms in total. The summed E-state index contributed by atoms with van der Waals surface area (Å²) in [5, 5.41) is 2.14. The Morgan fingerprint density at radius 1 is 1.33 bits per heavy atom. The first-order valence-corrected chi connectivity index (χ1v) is 6.82. The maximum absolute atomic E-state index is 11.6. The molecule has 3 N–H and O–H groups in total. The van der Waals surface area contributed by atoms with Gasteiger partial charge in [0.2, 0.25) is 5.91 Å². The van der Waals surface area contributed by atoms with Crippen LogP contribution in [0.15, 0.2) is 0 Å². The molecule has 0 bridgehead atoms. The zero-order valence-electron chi connectivity index (χ0n) is 11.4. The Bertz CT molecular complexity index is 292. The molecule has 1 rings (SSSR count). The Morgan fingerprint density at radius 3 is 2.67 bits per heavy atom. The third-order valence-corrected chi connectivity index (χ3v) is 3.35. The third kappa shape index (κ3) is 5.49. The Hall–Kier alpha value is -1.10. The fraction of sp³-hybridized carbons (Fsp3) is 0.846. The number of hydrogen-bond donors (Lipinski definition) is 2. The van der Waals surface area contributed by atoms with Crippen molar-refractivity contribution in [3.05, 3.63) is 0 Å². The SMILES string of the molecule is CC(C)CC1CCCCCN1CC(=O)NC(N)=O. The van der Waals surface area contributed by atoms with Crippen LogP contribution in [0.25, 0.3) is 0 Å². The predicted molar refractivity (Wildman–Crippen MR) is 71.0 cm³/mol. The molecular weight excluding hydrogens is 230 g/mol. The van der Waals surface area contributed by atoms with E-state index in [1.54, 1.807) is 0 Å². The Kier molecular flexibility index (Phi) is 6.12. The first-order valence-electron chi connectivity index (χ1n) is 6.82. The van der Waals surface area contributed by atoms with Gasteiger partial charge in [-0.1, -0.05) is 26.7 Å². The van der Waals surface area contributed by atoms with E-state index in [0.717, 1.165) is 25.8 Å². The highest BCUT2D eigenvalue weighted by molar-refractivity contribution is 5.94. The Balaban J connectivity index is 2.55. The molecule has 1 saturated heterocycles. The summed E-state index contributed by atoms with van der Waals surface area (Å²) >= 11 is 0. The maximum Gasteiger partial charge on any atom is 0.318 e. The average molecular weight is 255 g/mol. The lowest BCUT2D eigenvalue weighted by Crippen LogP contribution is -2.46. The van der Waals surface area contributed by atoms with E-state index in [1.807, 2.05) is 0 Å². The molecule has 0 aromatic carbocycles. The molecule has 104 valence electrons. The van der Waals surface area contributed by atoms with Crippen LogP contribution in [-0.4, -0.2) is 36.0 Å². The lowest BCUT2D eigenvalue weighted by atomic mass is 9.99. The number of nitrogens with two attached hydrogens (primary N) is 1. The van der Waals surface area contributed by atoms with Gasteiger partial charge in [0, 0.05) is 6.04 Å². The molecule has 1 aliphatic heterocycles. The van der Waals surface area contributed by atoms with E-state index < -0.39 is 6.03 Å². The number of carbonyl (C=O) groups excluding carboxylic acids is 2. The van der Waals surface area contributed by atoms with Crippen molar-refractivity contribution in [2.75, 3.05) is 13.1 Å². The van der Waals surface area contributed by atoms with Crippen molar-refractivity contribution in [2.24, 2.45) is 11.7 Å². The van der Waals surface area contributed by atoms with Crippen LogP contribution in [0.4, 0.5) is 4.79 Å². The molecule has 3 amide bonds. The van der Waals surface area contributed by atoms with E-state index in [9.17, 15) is 9.59 Å². The minimum Gasteiger partial charge on any atom is -0.351 e. The zero-order valence-corrected chi connectivity index (χ0v) is 11.4. The monoisotopic (exact) mass is 255 g/mol. The molecule has 1 unspecified atom stereocenters. The van der Waals surface area contributed by atoms with Gasteiger partial charge in [0.05, 0.1) is 6.54 Å². The number of carbonyl (C=O) groups is 2. The second-order valence-electron chi connectivity index (χ2n) is 5.52. The number of primary amides is 1. The Morgan fingerprint density at radius 2 is 2.06 bits per heavy atom. The maximum atomic E-state index is 11.6. The number of rotatable bonds is 4. The summed E-state index contributed by atoms with van der Waals surface area (Å²) < 4.78 is 0. The van der Waals surface area contributed by atoms with Crippen LogP contribution in [0.5, 0.6) is 0 Å². The number of nitrogens with zero attached hydrogens (tertiary/aromatic N) is 1. The van der Waals surface area contributed by atoms with Gasteiger partial charge in [-0.3, -0.25) is 15.0 Å². The number of urea groups is 1. The average Bonchev–Trinajstić information content (AvgIpc) is 2.42. The van der Waals surface area contributed by atoms with Crippen molar-refractivity contribution in [1.29, 1.82) is 0 Å². The van der Waals surface area contributed by atoms with E-state index in [-0.39, 0.29) is 12.5 Å². The van der Waals surface area contributed by atoms with Gasteiger partial charge < -0.3 is 5.73 Å². The quantitative estimate of drug-likeness (QED) is 0.798. The minimum absolute atomic E-state index is 0.278. The minimum atomic E-state index is -0.768. The van der Waals surface area contributed by atoms with Crippen LogP contribution in [0.3, 0.4) is 0 Å². The van der Waals surface area contributed by atoms with Crippen molar-refractivity contribution in [2.45, 2.75) is 52.0 Å². The van der Waals surface area contributed by atoms with Gasteiger partial charge in [-0.05, 0) is 31.7 Å². The first kappa shape index (κ1) is 15.0. The number of amides is 3. The highest BCUT2D eigenvalue weighted by atomic mass is 16.2. The lowest BCUT2D eigenvalue weighted by molar-refractivity contribution is -0.121. The normalized spacial score (nSPS) is 21.6. The second-order valence-corrected chi connectivity index (χ2v) is 5.52. The van der Waals surface area contributed by atoms with Crippen LogP contribution < -0.4 is 11.1 Å². The van der Waals surface area contributed by atoms with Gasteiger partial charge in [-0.2, -0.15) is 0 Å². The molecule has 18 heavy (non-hydrogen) atoms. The van der Waals surface area contributed by atoms with E-state index in [1.165, 1.54) is 12.8 Å².